The van der Waals surface area contributed by atoms with Gasteiger partial charge in [0.1, 0.15) is 0 Å². The molecule has 19 heavy (non-hydrogen) atoms. The van der Waals surface area contributed by atoms with Crippen LogP contribution in [0.15, 0.2) is 36.5 Å². The van der Waals surface area contributed by atoms with Crippen molar-refractivity contribution in [2.75, 3.05) is 6.61 Å². The molecule has 1 fully saturated rings. The minimum absolute atomic E-state index is 0.320. The molecule has 1 aromatic heterocycles. The van der Waals surface area contributed by atoms with E-state index in [0.717, 1.165) is 30.0 Å². The fraction of sp³-hybridized carbons (Fsp3) is 0.400. The summed E-state index contributed by atoms with van der Waals surface area (Å²) in [4.78, 5) is 3.16. The number of aromatic amines is 1. The van der Waals surface area contributed by atoms with Crippen LogP contribution in [0.3, 0.4) is 0 Å². The molecule has 1 saturated heterocycles. The van der Waals surface area contributed by atoms with Crippen LogP contribution < -0.4 is 0 Å². The maximum absolute atomic E-state index is 5.64. The molecule has 0 amide bonds. The van der Waals surface area contributed by atoms with E-state index in [1.54, 1.807) is 0 Å². The SMILES string of the molecule is CC1OCCC1Cn1c(-c2ccccc2)c[nH]c1=S. The molecule has 0 spiro atoms. The average Bonchev–Trinajstić information content (AvgIpc) is 2.99. The van der Waals surface area contributed by atoms with Gasteiger partial charge in [0.25, 0.3) is 0 Å². The molecule has 3 rings (SSSR count). The first-order valence-electron chi connectivity index (χ1n) is 6.71. The van der Waals surface area contributed by atoms with Crippen LogP contribution in [0.2, 0.25) is 0 Å². The molecule has 2 aromatic rings. The van der Waals surface area contributed by atoms with Crippen LogP contribution in [0.5, 0.6) is 0 Å². The predicted octanol–water partition coefficient (Wildman–Crippen LogP) is 3.64. The number of aromatic nitrogens is 2. The van der Waals surface area contributed by atoms with E-state index in [1.807, 2.05) is 12.3 Å². The highest BCUT2D eigenvalue weighted by Gasteiger charge is 2.25. The molecule has 2 atom stereocenters. The quantitative estimate of drug-likeness (QED) is 0.866. The van der Waals surface area contributed by atoms with Gasteiger partial charge in [-0.05, 0) is 31.1 Å². The normalized spacial score (nSPS) is 22.8. The van der Waals surface area contributed by atoms with E-state index in [2.05, 4.69) is 40.7 Å². The van der Waals surface area contributed by atoms with E-state index in [1.165, 1.54) is 5.56 Å². The Morgan fingerprint density at radius 1 is 1.37 bits per heavy atom. The highest BCUT2D eigenvalue weighted by Crippen LogP contribution is 2.26. The third kappa shape index (κ3) is 2.51. The Balaban J connectivity index is 1.93. The second-order valence-electron chi connectivity index (χ2n) is 5.08. The summed E-state index contributed by atoms with van der Waals surface area (Å²) in [5, 5.41) is 0. The molecule has 0 saturated carbocycles. The standard InChI is InChI=1S/C15H18N2OS/c1-11-13(7-8-18-11)10-17-14(9-16-15(17)19)12-5-3-2-4-6-12/h2-6,9,11,13H,7-8,10H2,1H3,(H,16,19). The number of hydrogen-bond acceptors (Lipinski definition) is 2. The predicted molar refractivity (Wildman–Crippen MR) is 78.6 cm³/mol. The van der Waals surface area contributed by atoms with E-state index in [0.29, 0.717) is 12.0 Å². The topological polar surface area (TPSA) is 29.9 Å². The summed E-state index contributed by atoms with van der Waals surface area (Å²) in [5.74, 6) is 0.546. The first kappa shape index (κ1) is 12.6. The molecule has 2 unspecified atom stereocenters. The zero-order valence-corrected chi connectivity index (χ0v) is 11.8. The molecule has 1 aromatic carbocycles. The van der Waals surface area contributed by atoms with Crippen molar-refractivity contribution in [3.8, 4) is 11.3 Å². The third-order valence-corrected chi connectivity index (χ3v) is 4.23. The lowest BCUT2D eigenvalue weighted by Crippen LogP contribution is -2.18. The van der Waals surface area contributed by atoms with Crippen LogP contribution in [0, 0.1) is 10.7 Å². The van der Waals surface area contributed by atoms with Crippen molar-refractivity contribution in [2.45, 2.75) is 26.0 Å². The molecular weight excluding hydrogens is 256 g/mol. The van der Waals surface area contributed by atoms with Crippen LogP contribution >= 0.6 is 12.2 Å². The Morgan fingerprint density at radius 2 is 2.16 bits per heavy atom. The molecule has 0 radical (unpaired) electrons. The fourth-order valence-electron chi connectivity index (χ4n) is 2.68. The molecule has 0 bridgehead atoms. The largest absolute Gasteiger partial charge is 0.378 e. The second-order valence-corrected chi connectivity index (χ2v) is 5.47. The number of imidazole rings is 1. The van der Waals surface area contributed by atoms with Gasteiger partial charge in [-0.2, -0.15) is 0 Å². The van der Waals surface area contributed by atoms with Crippen LogP contribution in [-0.4, -0.2) is 22.3 Å². The number of H-pyrrole nitrogens is 1. The van der Waals surface area contributed by atoms with Gasteiger partial charge in [-0.1, -0.05) is 30.3 Å². The lowest BCUT2D eigenvalue weighted by molar-refractivity contribution is 0.102. The van der Waals surface area contributed by atoms with Gasteiger partial charge in [-0.25, -0.2) is 0 Å². The third-order valence-electron chi connectivity index (χ3n) is 3.89. The molecular formula is C15H18N2OS. The zero-order chi connectivity index (χ0) is 13.2. The Bertz CT molecular complexity index is 602. The molecule has 0 aliphatic carbocycles. The van der Waals surface area contributed by atoms with Crippen LogP contribution in [0.1, 0.15) is 13.3 Å². The number of hydrogen-bond donors (Lipinski definition) is 1. The smallest absolute Gasteiger partial charge is 0.177 e. The lowest BCUT2D eigenvalue weighted by atomic mass is 10.0. The Labute approximate surface area is 118 Å². The van der Waals surface area contributed by atoms with Crippen LogP contribution in [0.25, 0.3) is 11.3 Å². The maximum atomic E-state index is 5.64. The van der Waals surface area contributed by atoms with Gasteiger partial charge in [-0.15, -0.1) is 0 Å². The van der Waals surface area contributed by atoms with E-state index >= 15 is 0 Å². The number of ether oxygens (including phenoxy) is 1. The number of nitrogens with zero attached hydrogens (tertiary/aromatic N) is 1. The minimum Gasteiger partial charge on any atom is -0.378 e. The summed E-state index contributed by atoms with van der Waals surface area (Å²) in [7, 11) is 0. The summed E-state index contributed by atoms with van der Waals surface area (Å²) < 4.78 is 8.63. The van der Waals surface area contributed by atoms with Crippen LogP contribution in [0.4, 0.5) is 0 Å². The summed E-state index contributed by atoms with van der Waals surface area (Å²) in [6, 6.07) is 10.4. The van der Waals surface area contributed by atoms with Gasteiger partial charge in [0.2, 0.25) is 0 Å². The van der Waals surface area contributed by atoms with Crippen molar-refractivity contribution in [3.63, 3.8) is 0 Å². The van der Waals surface area contributed by atoms with Gasteiger partial charge < -0.3 is 14.3 Å². The monoisotopic (exact) mass is 274 g/mol. The van der Waals surface area contributed by atoms with Gasteiger partial charge >= 0.3 is 0 Å². The van der Waals surface area contributed by atoms with Gasteiger partial charge in [0.05, 0.1) is 11.8 Å². The summed E-state index contributed by atoms with van der Waals surface area (Å²) in [6.45, 7) is 3.94. The lowest BCUT2D eigenvalue weighted by Gasteiger charge is -2.16. The summed E-state index contributed by atoms with van der Waals surface area (Å²) in [5.41, 5.74) is 2.35. The maximum Gasteiger partial charge on any atom is 0.177 e. The number of rotatable bonds is 3. The first-order chi connectivity index (χ1) is 9.25. The van der Waals surface area contributed by atoms with Crippen molar-refractivity contribution in [1.82, 2.24) is 9.55 Å². The van der Waals surface area contributed by atoms with Gasteiger partial charge in [-0.3, -0.25) is 0 Å². The van der Waals surface area contributed by atoms with Gasteiger partial charge in [0.15, 0.2) is 4.77 Å². The van der Waals surface area contributed by atoms with Crippen molar-refractivity contribution in [3.05, 3.63) is 41.3 Å². The van der Waals surface area contributed by atoms with E-state index in [4.69, 9.17) is 17.0 Å². The fourth-order valence-corrected chi connectivity index (χ4v) is 2.91. The highest BCUT2D eigenvalue weighted by atomic mass is 32.1. The van der Waals surface area contributed by atoms with Gasteiger partial charge in [0, 0.05) is 25.3 Å². The summed E-state index contributed by atoms with van der Waals surface area (Å²) >= 11 is 5.41. The van der Waals surface area contributed by atoms with E-state index in [9.17, 15) is 0 Å². The molecule has 1 aliphatic rings. The first-order valence-corrected chi connectivity index (χ1v) is 7.12. The molecule has 3 nitrogen and oxygen atoms in total. The number of nitrogens with one attached hydrogen (secondary N) is 1. The van der Waals surface area contributed by atoms with E-state index in [-0.39, 0.29) is 0 Å². The number of benzene rings is 1. The molecule has 100 valence electrons. The van der Waals surface area contributed by atoms with Crippen LogP contribution in [-0.2, 0) is 11.3 Å². The van der Waals surface area contributed by atoms with Crippen molar-refractivity contribution in [2.24, 2.45) is 5.92 Å². The molecule has 4 heteroatoms. The average molecular weight is 274 g/mol. The van der Waals surface area contributed by atoms with Crippen molar-refractivity contribution < 1.29 is 4.74 Å². The Hall–Kier alpha value is -1.39. The molecule has 1 aliphatic heterocycles. The Kier molecular flexibility index (Phi) is 3.53. The van der Waals surface area contributed by atoms with E-state index < -0.39 is 0 Å². The zero-order valence-electron chi connectivity index (χ0n) is 11.0. The summed E-state index contributed by atoms with van der Waals surface area (Å²) in [6.07, 6.45) is 3.43. The molecule has 1 N–H and O–H groups in total. The Morgan fingerprint density at radius 3 is 2.84 bits per heavy atom. The van der Waals surface area contributed by atoms with Crippen molar-refractivity contribution >= 4 is 12.2 Å². The highest BCUT2D eigenvalue weighted by molar-refractivity contribution is 7.71. The molecule has 2 heterocycles. The minimum atomic E-state index is 0.320. The second kappa shape index (κ2) is 5.31. The van der Waals surface area contributed by atoms with Crippen molar-refractivity contribution in [1.29, 1.82) is 0 Å².